The zero-order valence-corrected chi connectivity index (χ0v) is 21.0. The number of aromatic nitrogens is 2. The quantitative estimate of drug-likeness (QED) is 0.426. The van der Waals surface area contributed by atoms with Crippen LogP contribution in [0.25, 0.3) is 16.6 Å². The molecule has 0 amide bonds. The van der Waals surface area contributed by atoms with Crippen LogP contribution in [0.2, 0.25) is 0 Å². The molecule has 0 bridgehead atoms. The summed E-state index contributed by atoms with van der Waals surface area (Å²) in [4.78, 5) is 19.8. The molecule has 0 spiro atoms. The van der Waals surface area contributed by atoms with Gasteiger partial charge in [-0.05, 0) is 69.3 Å². The molecule has 0 atom stereocenters. The predicted molar refractivity (Wildman–Crippen MR) is 137 cm³/mol. The molecule has 2 aromatic carbocycles. The summed E-state index contributed by atoms with van der Waals surface area (Å²) in [5.74, 6) is 1.51. The molecule has 3 aromatic rings. The standard InChI is InChI=1S/C21H23N3O2.3C2H6/c1-16-22-20-7-3-2-6-19(20)21(25)24(16)17-8-10-18(11-9-17)26-15-5-14-23-12-4-13-23;3*1-2/h2-3,6-11H,4-5,12-15H2,1H3;3*1-2H3. The first-order valence-electron chi connectivity index (χ1n) is 12.2. The maximum atomic E-state index is 12.8. The molecule has 1 aliphatic rings. The number of hydrogen-bond donors (Lipinski definition) is 0. The lowest BCUT2D eigenvalue weighted by Gasteiger charge is -2.30. The Bertz CT molecular complexity index is 961. The van der Waals surface area contributed by atoms with E-state index in [0.29, 0.717) is 17.8 Å². The van der Waals surface area contributed by atoms with Gasteiger partial charge in [-0.25, -0.2) is 4.98 Å². The van der Waals surface area contributed by atoms with E-state index in [4.69, 9.17) is 4.74 Å². The lowest BCUT2D eigenvalue weighted by molar-refractivity contribution is 0.165. The molecule has 1 saturated heterocycles. The van der Waals surface area contributed by atoms with Crippen molar-refractivity contribution in [2.75, 3.05) is 26.2 Å². The van der Waals surface area contributed by atoms with Crippen molar-refractivity contribution >= 4 is 10.9 Å². The molecular formula is C27H41N3O2. The highest BCUT2D eigenvalue weighted by Crippen LogP contribution is 2.17. The third-order valence-corrected chi connectivity index (χ3v) is 4.87. The molecule has 5 heteroatoms. The molecule has 5 nitrogen and oxygen atoms in total. The van der Waals surface area contributed by atoms with Crippen LogP contribution < -0.4 is 10.3 Å². The lowest BCUT2D eigenvalue weighted by atomic mass is 10.2. The Morgan fingerprint density at radius 3 is 2.12 bits per heavy atom. The highest BCUT2D eigenvalue weighted by atomic mass is 16.5. The van der Waals surface area contributed by atoms with E-state index in [1.165, 1.54) is 19.5 Å². The van der Waals surface area contributed by atoms with E-state index in [-0.39, 0.29) is 5.56 Å². The summed E-state index contributed by atoms with van der Waals surface area (Å²) in [6, 6.07) is 15.1. The summed E-state index contributed by atoms with van der Waals surface area (Å²) in [6.45, 7) is 18.1. The van der Waals surface area contributed by atoms with Crippen LogP contribution in [0.3, 0.4) is 0 Å². The van der Waals surface area contributed by atoms with Crippen molar-refractivity contribution in [3.63, 3.8) is 0 Å². The summed E-state index contributed by atoms with van der Waals surface area (Å²) in [6.07, 6.45) is 2.36. The molecule has 1 fully saturated rings. The van der Waals surface area contributed by atoms with Gasteiger partial charge in [-0.1, -0.05) is 53.7 Å². The first kappa shape index (κ1) is 27.4. The molecule has 32 heavy (non-hydrogen) atoms. The zero-order valence-electron chi connectivity index (χ0n) is 21.0. The number of rotatable bonds is 6. The van der Waals surface area contributed by atoms with Gasteiger partial charge in [-0.2, -0.15) is 0 Å². The third kappa shape index (κ3) is 7.20. The minimum absolute atomic E-state index is 0.0451. The molecule has 0 aliphatic carbocycles. The van der Waals surface area contributed by atoms with E-state index < -0.39 is 0 Å². The van der Waals surface area contributed by atoms with Crippen LogP contribution in [0.4, 0.5) is 0 Å². The van der Waals surface area contributed by atoms with Gasteiger partial charge in [0.25, 0.3) is 5.56 Å². The van der Waals surface area contributed by atoms with Crippen LogP contribution in [0, 0.1) is 6.92 Å². The van der Waals surface area contributed by atoms with Crippen molar-refractivity contribution in [2.24, 2.45) is 0 Å². The fraction of sp³-hybridized carbons (Fsp3) is 0.481. The van der Waals surface area contributed by atoms with E-state index in [1.54, 1.807) is 4.57 Å². The van der Waals surface area contributed by atoms with E-state index in [2.05, 4.69) is 9.88 Å². The monoisotopic (exact) mass is 439 g/mol. The summed E-state index contributed by atoms with van der Waals surface area (Å²) < 4.78 is 7.47. The van der Waals surface area contributed by atoms with Crippen molar-refractivity contribution in [2.45, 2.75) is 61.3 Å². The number of aryl methyl sites for hydroxylation is 1. The van der Waals surface area contributed by atoms with Crippen LogP contribution in [0.5, 0.6) is 5.75 Å². The van der Waals surface area contributed by atoms with Crippen molar-refractivity contribution < 1.29 is 4.74 Å². The van der Waals surface area contributed by atoms with Crippen LogP contribution in [-0.4, -0.2) is 40.7 Å². The first-order chi connectivity index (χ1) is 15.7. The van der Waals surface area contributed by atoms with Gasteiger partial charge in [0, 0.05) is 6.54 Å². The summed E-state index contributed by atoms with van der Waals surface area (Å²) in [5.41, 5.74) is 1.49. The van der Waals surface area contributed by atoms with E-state index in [1.807, 2.05) is 97.0 Å². The Hall–Kier alpha value is -2.66. The molecule has 4 rings (SSSR count). The second-order valence-electron chi connectivity index (χ2n) is 6.71. The fourth-order valence-corrected chi connectivity index (χ4v) is 3.32. The fourth-order valence-electron chi connectivity index (χ4n) is 3.32. The number of nitrogens with zero attached hydrogens (tertiary/aromatic N) is 3. The Morgan fingerprint density at radius 1 is 0.906 bits per heavy atom. The third-order valence-electron chi connectivity index (χ3n) is 4.87. The molecule has 0 unspecified atom stereocenters. The van der Waals surface area contributed by atoms with Crippen molar-refractivity contribution in [1.29, 1.82) is 0 Å². The highest BCUT2D eigenvalue weighted by Gasteiger charge is 2.12. The number of para-hydroxylation sites is 1. The van der Waals surface area contributed by atoms with Gasteiger partial charge in [-0.3, -0.25) is 9.36 Å². The molecule has 176 valence electrons. The van der Waals surface area contributed by atoms with Crippen LogP contribution in [-0.2, 0) is 0 Å². The minimum atomic E-state index is -0.0451. The molecular weight excluding hydrogens is 398 g/mol. The van der Waals surface area contributed by atoms with Gasteiger partial charge in [0.2, 0.25) is 0 Å². The van der Waals surface area contributed by atoms with Crippen molar-refractivity contribution in [3.8, 4) is 11.4 Å². The summed E-state index contributed by atoms with van der Waals surface area (Å²) >= 11 is 0. The molecule has 0 radical (unpaired) electrons. The molecule has 0 N–H and O–H groups in total. The Morgan fingerprint density at radius 2 is 1.53 bits per heavy atom. The number of likely N-dealkylation sites (tertiary alicyclic amines) is 1. The second kappa shape index (κ2) is 15.2. The minimum Gasteiger partial charge on any atom is -0.494 e. The first-order valence-corrected chi connectivity index (χ1v) is 12.2. The van der Waals surface area contributed by atoms with E-state index >= 15 is 0 Å². The summed E-state index contributed by atoms with van der Waals surface area (Å²) in [7, 11) is 0. The maximum Gasteiger partial charge on any atom is 0.265 e. The van der Waals surface area contributed by atoms with Crippen molar-refractivity contribution in [1.82, 2.24) is 14.5 Å². The molecule has 1 aromatic heterocycles. The van der Waals surface area contributed by atoms with Gasteiger partial charge in [-0.15, -0.1) is 0 Å². The average Bonchev–Trinajstić information content (AvgIpc) is 2.82. The number of benzene rings is 2. The highest BCUT2D eigenvalue weighted by molar-refractivity contribution is 5.77. The van der Waals surface area contributed by atoms with Gasteiger partial charge < -0.3 is 9.64 Å². The Kier molecular flexibility index (Phi) is 13.0. The second-order valence-corrected chi connectivity index (χ2v) is 6.71. The predicted octanol–water partition coefficient (Wildman–Crippen LogP) is 6.25. The number of fused-ring (bicyclic) bond motifs is 1. The molecule has 0 saturated carbocycles. The van der Waals surface area contributed by atoms with Gasteiger partial charge >= 0.3 is 0 Å². The number of hydrogen-bond acceptors (Lipinski definition) is 4. The van der Waals surface area contributed by atoms with Crippen LogP contribution in [0.1, 0.15) is 60.2 Å². The van der Waals surface area contributed by atoms with Gasteiger partial charge in [0.05, 0.1) is 23.2 Å². The molecule has 2 heterocycles. The Balaban J connectivity index is 0.000000789. The van der Waals surface area contributed by atoms with Gasteiger partial charge in [0.15, 0.2) is 0 Å². The van der Waals surface area contributed by atoms with Crippen molar-refractivity contribution in [3.05, 3.63) is 64.7 Å². The van der Waals surface area contributed by atoms with Crippen LogP contribution >= 0.6 is 0 Å². The topological polar surface area (TPSA) is 47.4 Å². The molecule has 1 aliphatic heterocycles. The maximum absolute atomic E-state index is 12.8. The Labute approximate surface area is 194 Å². The van der Waals surface area contributed by atoms with E-state index in [0.717, 1.165) is 29.9 Å². The SMILES string of the molecule is CC.CC.CC.Cc1nc2ccccc2c(=O)n1-c1ccc(OCCCN2CCC2)cc1. The zero-order chi connectivity index (χ0) is 23.9. The smallest absolute Gasteiger partial charge is 0.265 e. The van der Waals surface area contributed by atoms with Crippen LogP contribution in [0.15, 0.2) is 53.3 Å². The average molecular weight is 440 g/mol. The van der Waals surface area contributed by atoms with Gasteiger partial charge in [0.1, 0.15) is 11.6 Å². The summed E-state index contributed by atoms with van der Waals surface area (Å²) in [5, 5.41) is 0.629. The largest absolute Gasteiger partial charge is 0.494 e. The lowest BCUT2D eigenvalue weighted by Crippen LogP contribution is -2.38. The normalized spacial score (nSPS) is 12.2. The number of ether oxygens (including phenoxy) is 1. The van der Waals surface area contributed by atoms with E-state index in [9.17, 15) is 4.79 Å².